The van der Waals surface area contributed by atoms with E-state index in [9.17, 15) is 0 Å². The highest BCUT2D eigenvalue weighted by Gasteiger charge is 2.28. The molecule has 0 aromatic carbocycles. The minimum absolute atomic E-state index is 0.519. The average molecular weight is 286 g/mol. The Morgan fingerprint density at radius 2 is 2.00 bits per heavy atom. The van der Waals surface area contributed by atoms with E-state index in [-0.39, 0.29) is 0 Å². The van der Waals surface area contributed by atoms with E-state index in [2.05, 4.69) is 25.2 Å². The highest BCUT2D eigenvalue weighted by molar-refractivity contribution is 7.16. The number of rotatable bonds is 5. The third-order valence-electron chi connectivity index (χ3n) is 4.26. The summed E-state index contributed by atoms with van der Waals surface area (Å²) < 4.78 is 0.912. The zero-order valence-electron chi connectivity index (χ0n) is 11.4. The van der Waals surface area contributed by atoms with Crippen LogP contribution in [0.4, 0.5) is 0 Å². The molecule has 102 valence electrons. The first-order valence-corrected chi connectivity index (χ1v) is 8.42. The van der Waals surface area contributed by atoms with Crippen LogP contribution in [0.1, 0.15) is 56.9 Å². The van der Waals surface area contributed by atoms with Crippen molar-refractivity contribution in [2.75, 3.05) is 6.54 Å². The molecule has 0 radical (unpaired) electrons. The van der Waals surface area contributed by atoms with E-state index in [1.54, 1.807) is 11.3 Å². The highest BCUT2D eigenvalue weighted by Crippen LogP contribution is 2.40. The second-order valence-corrected chi connectivity index (χ2v) is 7.11. The van der Waals surface area contributed by atoms with Gasteiger partial charge in [-0.15, -0.1) is 11.3 Å². The van der Waals surface area contributed by atoms with Crippen molar-refractivity contribution < 1.29 is 0 Å². The first kappa shape index (κ1) is 14.4. The Morgan fingerprint density at radius 3 is 2.50 bits per heavy atom. The van der Waals surface area contributed by atoms with Gasteiger partial charge in [0.05, 0.1) is 4.34 Å². The molecule has 1 nitrogen and oxygen atoms in total. The first-order valence-electron chi connectivity index (χ1n) is 7.23. The molecule has 1 fully saturated rings. The monoisotopic (exact) mass is 285 g/mol. The van der Waals surface area contributed by atoms with E-state index in [0.717, 1.165) is 22.7 Å². The van der Waals surface area contributed by atoms with Crippen LogP contribution in [0.3, 0.4) is 0 Å². The van der Waals surface area contributed by atoms with Gasteiger partial charge in [0.1, 0.15) is 0 Å². The zero-order chi connectivity index (χ0) is 13.0. The highest BCUT2D eigenvalue weighted by atomic mass is 35.5. The number of thiophene rings is 1. The van der Waals surface area contributed by atoms with E-state index >= 15 is 0 Å². The Morgan fingerprint density at radius 1 is 1.28 bits per heavy atom. The molecule has 0 bridgehead atoms. The molecule has 1 heterocycles. The molecule has 18 heavy (non-hydrogen) atoms. The standard InChI is InChI=1S/C15H24ClNS/c1-3-11-5-7-12(8-6-11)15(17-4-2)13-9-10-14(16)18-13/h9-12,15,17H,3-8H2,1-2H3. The van der Waals surface area contributed by atoms with Crippen molar-refractivity contribution >= 4 is 22.9 Å². The van der Waals surface area contributed by atoms with Crippen LogP contribution in [0.15, 0.2) is 12.1 Å². The Kier molecular flexibility index (Phi) is 5.53. The normalized spacial score (nSPS) is 26.2. The first-order chi connectivity index (χ1) is 8.74. The van der Waals surface area contributed by atoms with E-state index in [1.807, 2.05) is 6.07 Å². The molecule has 1 aliphatic rings. The van der Waals surface area contributed by atoms with Gasteiger partial charge in [0.2, 0.25) is 0 Å². The summed E-state index contributed by atoms with van der Waals surface area (Å²) in [6.45, 7) is 5.56. The Hall–Kier alpha value is -0.0500. The van der Waals surface area contributed by atoms with E-state index in [4.69, 9.17) is 11.6 Å². The van der Waals surface area contributed by atoms with Crippen LogP contribution in [0.25, 0.3) is 0 Å². The summed E-state index contributed by atoms with van der Waals surface area (Å²) in [6.07, 6.45) is 6.89. The minimum atomic E-state index is 0.519. The molecule has 1 unspecified atom stereocenters. The van der Waals surface area contributed by atoms with Crippen LogP contribution >= 0.6 is 22.9 Å². The van der Waals surface area contributed by atoms with Crippen LogP contribution in [0.2, 0.25) is 4.34 Å². The molecule has 1 N–H and O–H groups in total. The molecule has 1 aromatic heterocycles. The van der Waals surface area contributed by atoms with Gasteiger partial charge in [-0.25, -0.2) is 0 Å². The third kappa shape index (κ3) is 3.49. The van der Waals surface area contributed by atoms with Gasteiger partial charge in [0, 0.05) is 10.9 Å². The molecule has 3 heteroatoms. The largest absolute Gasteiger partial charge is 0.309 e. The maximum Gasteiger partial charge on any atom is 0.0931 e. The molecule has 1 atom stereocenters. The molecule has 1 aromatic rings. The number of hydrogen-bond donors (Lipinski definition) is 1. The van der Waals surface area contributed by atoms with Crippen molar-refractivity contribution in [3.05, 3.63) is 21.3 Å². The predicted molar refractivity (Wildman–Crippen MR) is 81.5 cm³/mol. The lowest BCUT2D eigenvalue weighted by Gasteiger charge is -2.33. The summed E-state index contributed by atoms with van der Waals surface area (Å²) >= 11 is 7.82. The van der Waals surface area contributed by atoms with Gasteiger partial charge < -0.3 is 5.32 Å². The summed E-state index contributed by atoms with van der Waals surface area (Å²) in [5, 5.41) is 3.67. The summed E-state index contributed by atoms with van der Waals surface area (Å²) in [5.41, 5.74) is 0. The van der Waals surface area contributed by atoms with Gasteiger partial charge in [-0.05, 0) is 43.4 Å². The van der Waals surface area contributed by atoms with Crippen molar-refractivity contribution in [2.24, 2.45) is 11.8 Å². The molecule has 1 saturated carbocycles. The van der Waals surface area contributed by atoms with Crippen molar-refractivity contribution in [1.29, 1.82) is 0 Å². The second kappa shape index (κ2) is 6.93. The smallest absolute Gasteiger partial charge is 0.0931 e. The van der Waals surface area contributed by atoms with Crippen molar-refractivity contribution in [3.8, 4) is 0 Å². The molecule has 1 aliphatic carbocycles. The van der Waals surface area contributed by atoms with Gasteiger partial charge in [0.15, 0.2) is 0 Å². The zero-order valence-corrected chi connectivity index (χ0v) is 13.0. The third-order valence-corrected chi connectivity index (χ3v) is 5.58. The van der Waals surface area contributed by atoms with Crippen LogP contribution < -0.4 is 5.32 Å². The summed E-state index contributed by atoms with van der Waals surface area (Å²) in [7, 11) is 0. The molecular weight excluding hydrogens is 262 g/mol. The molecule has 0 aliphatic heterocycles. The Labute approximate surface area is 120 Å². The summed E-state index contributed by atoms with van der Waals surface area (Å²) in [6, 6.07) is 4.75. The fraction of sp³-hybridized carbons (Fsp3) is 0.733. The summed E-state index contributed by atoms with van der Waals surface area (Å²) in [5.74, 6) is 1.76. The van der Waals surface area contributed by atoms with Gasteiger partial charge in [-0.3, -0.25) is 0 Å². The van der Waals surface area contributed by atoms with Crippen LogP contribution in [0, 0.1) is 11.8 Å². The van der Waals surface area contributed by atoms with Crippen LogP contribution in [0.5, 0.6) is 0 Å². The quantitative estimate of drug-likeness (QED) is 0.777. The van der Waals surface area contributed by atoms with Crippen molar-refractivity contribution in [2.45, 2.75) is 52.0 Å². The molecule has 0 spiro atoms. The van der Waals surface area contributed by atoms with Gasteiger partial charge in [-0.1, -0.05) is 44.7 Å². The van der Waals surface area contributed by atoms with Gasteiger partial charge in [0.25, 0.3) is 0 Å². The lowest BCUT2D eigenvalue weighted by atomic mass is 9.77. The lowest BCUT2D eigenvalue weighted by molar-refractivity contribution is 0.222. The van der Waals surface area contributed by atoms with E-state index in [1.165, 1.54) is 37.0 Å². The average Bonchev–Trinajstić information content (AvgIpc) is 2.82. The van der Waals surface area contributed by atoms with Gasteiger partial charge >= 0.3 is 0 Å². The fourth-order valence-corrected chi connectivity index (χ4v) is 4.38. The predicted octanol–water partition coefficient (Wildman–Crippen LogP) is 5.27. The van der Waals surface area contributed by atoms with Crippen LogP contribution in [-0.4, -0.2) is 6.54 Å². The number of halogens is 1. The molecule has 0 saturated heterocycles. The summed E-state index contributed by atoms with van der Waals surface area (Å²) in [4.78, 5) is 1.42. The Bertz CT molecular complexity index is 355. The number of nitrogens with one attached hydrogen (secondary N) is 1. The van der Waals surface area contributed by atoms with E-state index in [0.29, 0.717) is 6.04 Å². The maximum absolute atomic E-state index is 6.08. The molecule has 0 amide bonds. The Balaban J connectivity index is 2.02. The molecule has 2 rings (SSSR count). The minimum Gasteiger partial charge on any atom is -0.309 e. The SMILES string of the molecule is CCNC(c1ccc(Cl)s1)C1CCC(CC)CC1. The second-order valence-electron chi connectivity index (χ2n) is 5.37. The van der Waals surface area contributed by atoms with Crippen molar-refractivity contribution in [1.82, 2.24) is 5.32 Å². The maximum atomic E-state index is 6.08. The van der Waals surface area contributed by atoms with Crippen molar-refractivity contribution in [3.63, 3.8) is 0 Å². The van der Waals surface area contributed by atoms with Gasteiger partial charge in [-0.2, -0.15) is 0 Å². The molecular formula is C15H24ClNS. The van der Waals surface area contributed by atoms with E-state index < -0.39 is 0 Å². The lowest BCUT2D eigenvalue weighted by Crippen LogP contribution is -2.30. The fourth-order valence-electron chi connectivity index (χ4n) is 3.14. The number of hydrogen-bond acceptors (Lipinski definition) is 2. The van der Waals surface area contributed by atoms with Crippen LogP contribution in [-0.2, 0) is 0 Å². The topological polar surface area (TPSA) is 12.0 Å².